The van der Waals surface area contributed by atoms with Gasteiger partial charge in [-0.05, 0) is 43.0 Å². The highest BCUT2D eigenvalue weighted by molar-refractivity contribution is 5.49. The van der Waals surface area contributed by atoms with E-state index in [9.17, 15) is 0 Å². The average molecular weight is 227 g/mol. The van der Waals surface area contributed by atoms with Gasteiger partial charge in [0.2, 0.25) is 0 Å². The summed E-state index contributed by atoms with van der Waals surface area (Å²) in [7, 11) is 2.18. The SMILES string of the molecule is C#Cc1ccc(N(C)CC2CCCCC2)cc1. The van der Waals surface area contributed by atoms with E-state index in [1.54, 1.807) is 0 Å². The van der Waals surface area contributed by atoms with Gasteiger partial charge in [0.25, 0.3) is 0 Å². The third kappa shape index (κ3) is 3.27. The van der Waals surface area contributed by atoms with Gasteiger partial charge in [0.15, 0.2) is 0 Å². The molecular formula is C16H21N. The van der Waals surface area contributed by atoms with E-state index in [0.29, 0.717) is 0 Å². The summed E-state index contributed by atoms with van der Waals surface area (Å²) in [5, 5.41) is 0. The summed E-state index contributed by atoms with van der Waals surface area (Å²) in [6, 6.07) is 8.29. The molecule has 0 spiro atoms. The fraction of sp³-hybridized carbons (Fsp3) is 0.500. The van der Waals surface area contributed by atoms with Crippen LogP contribution in [0.2, 0.25) is 0 Å². The topological polar surface area (TPSA) is 3.24 Å². The zero-order chi connectivity index (χ0) is 12.1. The van der Waals surface area contributed by atoms with Crippen LogP contribution in [-0.2, 0) is 0 Å². The third-order valence-corrected chi connectivity index (χ3v) is 3.73. The van der Waals surface area contributed by atoms with Crippen LogP contribution in [-0.4, -0.2) is 13.6 Å². The minimum atomic E-state index is 0.876. The first-order chi connectivity index (χ1) is 8.29. The van der Waals surface area contributed by atoms with E-state index in [2.05, 4.69) is 30.0 Å². The Morgan fingerprint density at radius 1 is 1.18 bits per heavy atom. The quantitative estimate of drug-likeness (QED) is 0.712. The Morgan fingerprint density at radius 3 is 2.41 bits per heavy atom. The van der Waals surface area contributed by atoms with Crippen molar-refractivity contribution >= 4 is 5.69 Å². The minimum absolute atomic E-state index is 0.876. The van der Waals surface area contributed by atoms with Crippen LogP contribution >= 0.6 is 0 Å². The highest BCUT2D eigenvalue weighted by Crippen LogP contribution is 2.25. The van der Waals surface area contributed by atoms with Crippen molar-refractivity contribution in [3.63, 3.8) is 0 Å². The van der Waals surface area contributed by atoms with Crippen LogP contribution < -0.4 is 4.90 Å². The molecule has 17 heavy (non-hydrogen) atoms. The smallest absolute Gasteiger partial charge is 0.0364 e. The van der Waals surface area contributed by atoms with Crippen molar-refractivity contribution in [3.8, 4) is 12.3 Å². The second-order valence-corrected chi connectivity index (χ2v) is 5.08. The fourth-order valence-corrected chi connectivity index (χ4v) is 2.67. The molecular weight excluding hydrogens is 206 g/mol. The molecule has 1 aliphatic rings. The lowest BCUT2D eigenvalue weighted by Crippen LogP contribution is -2.26. The van der Waals surface area contributed by atoms with Crippen LogP contribution in [0.15, 0.2) is 24.3 Å². The summed E-state index contributed by atoms with van der Waals surface area (Å²) >= 11 is 0. The van der Waals surface area contributed by atoms with Gasteiger partial charge in [-0.25, -0.2) is 0 Å². The van der Waals surface area contributed by atoms with Gasteiger partial charge in [-0.3, -0.25) is 0 Å². The number of terminal acetylenes is 1. The van der Waals surface area contributed by atoms with Crippen LogP contribution in [0.1, 0.15) is 37.7 Å². The highest BCUT2D eigenvalue weighted by atomic mass is 15.1. The first-order valence-electron chi connectivity index (χ1n) is 6.57. The number of hydrogen-bond acceptors (Lipinski definition) is 1. The molecule has 1 aromatic rings. The van der Waals surface area contributed by atoms with Gasteiger partial charge in [-0.15, -0.1) is 6.42 Å². The molecule has 0 unspecified atom stereocenters. The van der Waals surface area contributed by atoms with Gasteiger partial charge in [0.05, 0.1) is 0 Å². The lowest BCUT2D eigenvalue weighted by Gasteiger charge is -2.28. The van der Waals surface area contributed by atoms with E-state index in [-0.39, 0.29) is 0 Å². The molecule has 0 radical (unpaired) electrons. The molecule has 0 amide bonds. The maximum absolute atomic E-state index is 5.36. The van der Waals surface area contributed by atoms with Gasteiger partial charge in [0.1, 0.15) is 0 Å². The Morgan fingerprint density at radius 2 is 1.82 bits per heavy atom. The molecule has 90 valence electrons. The van der Waals surface area contributed by atoms with Crippen LogP contribution in [0.3, 0.4) is 0 Å². The lowest BCUT2D eigenvalue weighted by molar-refractivity contribution is 0.362. The first kappa shape index (κ1) is 12.0. The van der Waals surface area contributed by atoms with Crippen LogP contribution in [0, 0.1) is 18.3 Å². The van der Waals surface area contributed by atoms with Crippen molar-refractivity contribution in [2.45, 2.75) is 32.1 Å². The van der Waals surface area contributed by atoms with Gasteiger partial charge in [0, 0.05) is 24.8 Å². The van der Waals surface area contributed by atoms with Gasteiger partial charge in [-0.2, -0.15) is 0 Å². The Balaban J connectivity index is 1.94. The molecule has 1 aromatic carbocycles. The monoisotopic (exact) mass is 227 g/mol. The molecule has 1 nitrogen and oxygen atoms in total. The normalized spacial score (nSPS) is 16.5. The summed E-state index contributed by atoms with van der Waals surface area (Å²) < 4.78 is 0. The largest absolute Gasteiger partial charge is 0.374 e. The van der Waals surface area contributed by atoms with Crippen LogP contribution in [0.4, 0.5) is 5.69 Å². The predicted octanol–water partition coefficient (Wildman–Crippen LogP) is 3.68. The Bertz CT molecular complexity index is 379. The number of benzene rings is 1. The summed E-state index contributed by atoms with van der Waals surface area (Å²) in [6.07, 6.45) is 12.4. The van der Waals surface area contributed by atoms with E-state index in [4.69, 9.17) is 6.42 Å². The van der Waals surface area contributed by atoms with E-state index in [0.717, 1.165) is 11.5 Å². The number of rotatable bonds is 3. The fourth-order valence-electron chi connectivity index (χ4n) is 2.67. The molecule has 0 atom stereocenters. The Labute approximate surface area is 105 Å². The van der Waals surface area contributed by atoms with Crippen molar-refractivity contribution in [1.82, 2.24) is 0 Å². The van der Waals surface area contributed by atoms with E-state index >= 15 is 0 Å². The van der Waals surface area contributed by atoms with Crippen molar-refractivity contribution in [2.75, 3.05) is 18.5 Å². The molecule has 2 rings (SSSR count). The van der Waals surface area contributed by atoms with Gasteiger partial charge in [-0.1, -0.05) is 25.2 Å². The van der Waals surface area contributed by atoms with Gasteiger partial charge < -0.3 is 4.90 Å². The molecule has 1 aliphatic carbocycles. The third-order valence-electron chi connectivity index (χ3n) is 3.73. The first-order valence-corrected chi connectivity index (χ1v) is 6.57. The molecule has 0 N–H and O–H groups in total. The van der Waals surface area contributed by atoms with Gasteiger partial charge >= 0.3 is 0 Å². The standard InChI is InChI=1S/C16H21N/c1-3-14-9-11-16(12-10-14)17(2)13-15-7-5-4-6-8-15/h1,9-12,15H,4-8,13H2,2H3. The molecule has 1 fully saturated rings. The minimum Gasteiger partial charge on any atom is -0.374 e. The maximum atomic E-state index is 5.36. The summed E-state index contributed by atoms with van der Waals surface area (Å²) in [5.74, 6) is 3.53. The number of anilines is 1. The van der Waals surface area contributed by atoms with Crippen molar-refractivity contribution in [1.29, 1.82) is 0 Å². The Hall–Kier alpha value is -1.42. The van der Waals surface area contributed by atoms with Crippen LogP contribution in [0.5, 0.6) is 0 Å². The maximum Gasteiger partial charge on any atom is 0.0364 e. The molecule has 1 heteroatoms. The molecule has 0 heterocycles. The van der Waals surface area contributed by atoms with Crippen molar-refractivity contribution in [2.24, 2.45) is 5.92 Å². The molecule has 0 aliphatic heterocycles. The predicted molar refractivity (Wildman–Crippen MR) is 74.2 cm³/mol. The lowest BCUT2D eigenvalue weighted by atomic mass is 9.89. The number of nitrogens with zero attached hydrogens (tertiary/aromatic N) is 1. The summed E-state index contributed by atoms with van der Waals surface area (Å²) in [5.41, 5.74) is 2.23. The zero-order valence-electron chi connectivity index (χ0n) is 10.7. The zero-order valence-corrected chi connectivity index (χ0v) is 10.7. The summed E-state index contributed by atoms with van der Waals surface area (Å²) in [4.78, 5) is 2.36. The van der Waals surface area contributed by atoms with E-state index in [1.165, 1.54) is 44.3 Å². The highest BCUT2D eigenvalue weighted by Gasteiger charge is 2.15. The average Bonchev–Trinajstić information content (AvgIpc) is 2.40. The van der Waals surface area contributed by atoms with Crippen molar-refractivity contribution < 1.29 is 0 Å². The molecule has 0 saturated heterocycles. The van der Waals surface area contributed by atoms with E-state index in [1.807, 2.05) is 12.1 Å². The van der Waals surface area contributed by atoms with Crippen LogP contribution in [0.25, 0.3) is 0 Å². The second-order valence-electron chi connectivity index (χ2n) is 5.08. The van der Waals surface area contributed by atoms with E-state index < -0.39 is 0 Å². The molecule has 0 aromatic heterocycles. The molecule has 0 bridgehead atoms. The Kier molecular flexibility index (Phi) is 4.09. The molecule has 1 saturated carbocycles. The summed E-state index contributed by atoms with van der Waals surface area (Å²) in [6.45, 7) is 1.18. The second kappa shape index (κ2) is 5.77. The van der Waals surface area contributed by atoms with Crippen molar-refractivity contribution in [3.05, 3.63) is 29.8 Å². The number of hydrogen-bond donors (Lipinski definition) is 0.